The molecule has 0 amide bonds. The number of aliphatic hydroxyl groups excluding tert-OH is 1. The topological polar surface area (TPSA) is 81.1 Å². The van der Waals surface area contributed by atoms with E-state index in [1.165, 1.54) is 10.8 Å². The fourth-order valence-electron chi connectivity index (χ4n) is 4.34. The van der Waals surface area contributed by atoms with Crippen molar-refractivity contribution in [1.29, 1.82) is 0 Å². The fourth-order valence-corrected chi connectivity index (χ4v) is 4.34. The van der Waals surface area contributed by atoms with Gasteiger partial charge in [-0.25, -0.2) is 4.79 Å². The summed E-state index contributed by atoms with van der Waals surface area (Å²) in [6, 6.07) is 18.6. The Hall–Kier alpha value is -3.00. The van der Waals surface area contributed by atoms with E-state index >= 15 is 0 Å². The second-order valence-corrected chi connectivity index (χ2v) is 9.93. The number of ether oxygens (including phenoxy) is 2. The maximum Gasteiger partial charge on any atom is 0.528 e. The highest BCUT2D eigenvalue weighted by Gasteiger charge is 2.34. The van der Waals surface area contributed by atoms with Crippen LogP contribution >= 0.6 is 0 Å². The van der Waals surface area contributed by atoms with Crippen molar-refractivity contribution in [3.8, 4) is 0 Å². The molecule has 0 spiro atoms. The van der Waals surface area contributed by atoms with Gasteiger partial charge in [-0.3, -0.25) is 4.98 Å². The molecular weight excluding hydrogens is 444 g/mol. The number of hydrogen-bond donors (Lipinski definition) is 1. The average molecular weight is 479 g/mol. The van der Waals surface area contributed by atoms with Gasteiger partial charge in [0.2, 0.25) is 0 Å². The number of hydrogen-bond acceptors (Lipinski definition) is 7. The maximum absolute atomic E-state index is 12.2. The molecule has 1 saturated heterocycles. The van der Waals surface area contributed by atoms with E-state index in [0.717, 1.165) is 23.2 Å². The lowest BCUT2D eigenvalue weighted by atomic mass is 9.88. The molecule has 0 bridgehead atoms. The van der Waals surface area contributed by atoms with E-state index in [9.17, 15) is 9.90 Å². The van der Waals surface area contributed by atoms with E-state index in [-0.39, 0.29) is 18.6 Å². The van der Waals surface area contributed by atoms with E-state index in [4.69, 9.17) is 14.3 Å². The van der Waals surface area contributed by atoms with Gasteiger partial charge in [-0.05, 0) is 61.2 Å². The summed E-state index contributed by atoms with van der Waals surface area (Å²) in [7, 11) is 0. The van der Waals surface area contributed by atoms with Gasteiger partial charge >= 0.3 is 6.16 Å². The molecule has 0 aliphatic carbocycles. The van der Waals surface area contributed by atoms with Crippen LogP contribution in [0.25, 0.3) is 10.8 Å². The Kier molecular flexibility index (Phi) is 8.00. The summed E-state index contributed by atoms with van der Waals surface area (Å²) >= 11 is 0. The third-order valence-electron chi connectivity index (χ3n) is 6.04. The molecule has 2 atom stereocenters. The molecule has 35 heavy (non-hydrogen) atoms. The summed E-state index contributed by atoms with van der Waals surface area (Å²) in [4.78, 5) is 22.2. The Morgan fingerprint density at radius 2 is 1.91 bits per heavy atom. The van der Waals surface area contributed by atoms with Crippen molar-refractivity contribution in [1.82, 2.24) is 10.0 Å². The molecule has 1 aliphatic rings. The Labute approximate surface area is 206 Å². The first-order chi connectivity index (χ1) is 16.8. The lowest BCUT2D eigenvalue weighted by molar-refractivity contribution is -0.179. The number of carbonyl (C=O) groups excluding carboxylic acids is 1. The quantitative estimate of drug-likeness (QED) is 0.478. The number of piperidine rings is 1. The van der Waals surface area contributed by atoms with Gasteiger partial charge in [0.25, 0.3) is 0 Å². The number of nitrogens with zero attached hydrogens (tertiary/aromatic N) is 2. The molecule has 1 aromatic heterocycles. The van der Waals surface area contributed by atoms with Crippen LogP contribution in [0, 0.1) is 0 Å². The molecule has 2 aromatic carbocycles. The van der Waals surface area contributed by atoms with Crippen molar-refractivity contribution in [3.05, 3.63) is 77.6 Å². The van der Waals surface area contributed by atoms with Crippen molar-refractivity contribution in [2.24, 2.45) is 0 Å². The molecule has 7 nitrogen and oxygen atoms in total. The van der Waals surface area contributed by atoms with Crippen molar-refractivity contribution in [2.75, 3.05) is 19.7 Å². The molecule has 1 fully saturated rings. The van der Waals surface area contributed by atoms with Gasteiger partial charge in [-0.15, -0.1) is 5.06 Å². The first-order valence-electron chi connectivity index (χ1n) is 12.1. The summed E-state index contributed by atoms with van der Waals surface area (Å²) in [6.07, 6.45) is 2.23. The zero-order valence-electron chi connectivity index (χ0n) is 20.6. The van der Waals surface area contributed by atoms with E-state index in [0.29, 0.717) is 26.1 Å². The summed E-state index contributed by atoms with van der Waals surface area (Å²) in [5.41, 5.74) is 2.40. The van der Waals surface area contributed by atoms with Gasteiger partial charge in [0.05, 0.1) is 19.3 Å². The SMILES string of the molecule is CC(C)(C)OC(=O)ON1CCC(c2ccc(CCO)nc2)C(OCc2ccc3ccccc3c2)C1. The van der Waals surface area contributed by atoms with Gasteiger partial charge in [0.15, 0.2) is 0 Å². The Bertz CT molecular complexity index is 1130. The second kappa shape index (κ2) is 11.2. The maximum atomic E-state index is 12.2. The third kappa shape index (κ3) is 7.01. The molecule has 7 heteroatoms. The van der Waals surface area contributed by atoms with E-state index < -0.39 is 11.8 Å². The molecule has 2 unspecified atom stereocenters. The van der Waals surface area contributed by atoms with Crippen LogP contribution in [0.3, 0.4) is 0 Å². The molecule has 0 saturated carbocycles. The van der Waals surface area contributed by atoms with Crippen LogP contribution in [0.4, 0.5) is 4.79 Å². The second-order valence-electron chi connectivity index (χ2n) is 9.93. The lowest BCUT2D eigenvalue weighted by Gasteiger charge is -2.37. The molecule has 1 aliphatic heterocycles. The third-order valence-corrected chi connectivity index (χ3v) is 6.04. The highest BCUT2D eigenvalue weighted by atomic mass is 16.8. The van der Waals surface area contributed by atoms with Gasteiger partial charge in [-0.1, -0.05) is 42.5 Å². The molecule has 186 valence electrons. The number of aromatic nitrogens is 1. The minimum Gasteiger partial charge on any atom is -0.427 e. The molecule has 0 radical (unpaired) electrons. The van der Waals surface area contributed by atoms with E-state index in [1.54, 1.807) is 5.06 Å². The van der Waals surface area contributed by atoms with Crippen LogP contribution in [-0.2, 0) is 27.3 Å². The number of benzene rings is 2. The molecule has 2 heterocycles. The Morgan fingerprint density at radius 3 is 2.63 bits per heavy atom. The molecule has 4 rings (SSSR count). The smallest absolute Gasteiger partial charge is 0.427 e. The number of carbonyl (C=O) groups is 1. The van der Waals surface area contributed by atoms with Crippen molar-refractivity contribution < 1.29 is 24.2 Å². The minimum atomic E-state index is -0.709. The van der Waals surface area contributed by atoms with Gasteiger partial charge in [0.1, 0.15) is 5.60 Å². The zero-order chi connectivity index (χ0) is 24.8. The number of rotatable bonds is 7. The number of fused-ring (bicyclic) bond motifs is 1. The van der Waals surface area contributed by atoms with Crippen molar-refractivity contribution in [2.45, 2.75) is 57.8 Å². The van der Waals surface area contributed by atoms with Crippen LogP contribution in [0.5, 0.6) is 0 Å². The normalized spacial score (nSPS) is 19.0. The van der Waals surface area contributed by atoms with Crippen LogP contribution in [0.2, 0.25) is 0 Å². The lowest BCUT2D eigenvalue weighted by Crippen LogP contribution is -2.45. The van der Waals surface area contributed by atoms with Crippen LogP contribution in [-0.4, -0.2) is 52.7 Å². The zero-order valence-corrected chi connectivity index (χ0v) is 20.6. The fraction of sp³-hybridized carbons (Fsp3) is 0.429. The first kappa shape index (κ1) is 25.1. The predicted octanol–water partition coefficient (Wildman–Crippen LogP) is 5.01. The highest BCUT2D eigenvalue weighted by molar-refractivity contribution is 5.82. The first-order valence-corrected chi connectivity index (χ1v) is 12.1. The van der Waals surface area contributed by atoms with Crippen LogP contribution in [0.15, 0.2) is 60.8 Å². The van der Waals surface area contributed by atoms with Gasteiger partial charge in [0, 0.05) is 37.4 Å². The van der Waals surface area contributed by atoms with Crippen LogP contribution in [0.1, 0.15) is 49.9 Å². The monoisotopic (exact) mass is 478 g/mol. The summed E-state index contributed by atoms with van der Waals surface area (Å²) in [6.45, 7) is 6.94. The summed E-state index contributed by atoms with van der Waals surface area (Å²) < 4.78 is 11.8. The Balaban J connectivity index is 1.48. The van der Waals surface area contributed by atoms with E-state index in [1.807, 2.05) is 45.2 Å². The molecule has 3 aromatic rings. The predicted molar refractivity (Wildman–Crippen MR) is 134 cm³/mol. The highest BCUT2D eigenvalue weighted by Crippen LogP contribution is 2.31. The Morgan fingerprint density at radius 1 is 1.11 bits per heavy atom. The van der Waals surface area contributed by atoms with Crippen molar-refractivity contribution >= 4 is 16.9 Å². The summed E-state index contributed by atoms with van der Waals surface area (Å²) in [5.74, 6) is 0.101. The van der Waals surface area contributed by atoms with Crippen molar-refractivity contribution in [3.63, 3.8) is 0 Å². The average Bonchev–Trinajstić information content (AvgIpc) is 2.82. The van der Waals surface area contributed by atoms with Crippen LogP contribution < -0.4 is 0 Å². The van der Waals surface area contributed by atoms with Gasteiger partial charge in [-0.2, -0.15) is 0 Å². The molecule has 1 N–H and O–H groups in total. The number of hydroxylamine groups is 2. The standard InChI is InChI=1S/C28H34N2O5/c1-28(2,3)34-27(32)35-30-14-12-25(23-10-11-24(13-15-31)29-17-23)26(18-30)33-19-20-8-9-21-6-4-5-7-22(21)16-20/h4-11,16-17,25-26,31H,12-15,18-19H2,1-3H3. The molecular formula is C28H34N2O5. The largest absolute Gasteiger partial charge is 0.528 e. The summed E-state index contributed by atoms with van der Waals surface area (Å²) in [5, 5.41) is 13.2. The van der Waals surface area contributed by atoms with E-state index in [2.05, 4.69) is 41.4 Å². The number of pyridine rings is 1. The minimum absolute atomic E-state index is 0.0736. The number of aliphatic hydroxyl groups is 1. The van der Waals surface area contributed by atoms with Gasteiger partial charge < -0.3 is 19.4 Å².